The summed E-state index contributed by atoms with van der Waals surface area (Å²) in [5.74, 6) is 0.741. The highest BCUT2D eigenvalue weighted by atomic mass is 79.9. The van der Waals surface area contributed by atoms with E-state index in [1.165, 1.54) is 5.57 Å². The van der Waals surface area contributed by atoms with Crippen LogP contribution in [-0.2, 0) is 4.74 Å². The first-order valence-corrected chi connectivity index (χ1v) is 4.16. The van der Waals surface area contributed by atoms with Crippen molar-refractivity contribution in [3.8, 4) is 0 Å². The van der Waals surface area contributed by atoms with Crippen molar-refractivity contribution in [2.75, 3.05) is 7.11 Å². The zero-order valence-electron chi connectivity index (χ0n) is 6.60. The molecule has 0 saturated heterocycles. The zero-order valence-corrected chi connectivity index (χ0v) is 8.18. The summed E-state index contributed by atoms with van der Waals surface area (Å²) in [6.45, 7) is 2.04. The molecule has 1 rings (SSSR count). The van der Waals surface area contributed by atoms with E-state index in [-0.39, 0.29) is 0 Å². The van der Waals surface area contributed by atoms with Gasteiger partial charge >= 0.3 is 0 Å². The third-order valence-electron chi connectivity index (χ3n) is 1.51. The van der Waals surface area contributed by atoms with Gasteiger partial charge in [0.1, 0.15) is 0 Å². The van der Waals surface area contributed by atoms with Crippen molar-refractivity contribution in [3.05, 3.63) is 22.3 Å². The number of allylic oxidation sites excluding steroid dienone is 2. The lowest BCUT2D eigenvalue weighted by molar-refractivity contribution is 0.395. The van der Waals surface area contributed by atoms with E-state index < -0.39 is 0 Å². The van der Waals surface area contributed by atoms with Crippen molar-refractivity contribution >= 4 is 21.8 Å². The maximum atomic E-state index is 5.02. The molecule has 0 aromatic heterocycles. The molecule has 1 heterocycles. The molecule has 0 atom stereocenters. The van der Waals surface area contributed by atoms with Crippen molar-refractivity contribution in [1.29, 1.82) is 0 Å². The molecule has 0 radical (unpaired) electrons. The third-order valence-corrected chi connectivity index (χ3v) is 2.42. The lowest BCUT2D eigenvalue weighted by Gasteiger charge is -2.01. The van der Waals surface area contributed by atoms with Gasteiger partial charge in [-0.15, -0.1) is 0 Å². The minimum atomic E-state index is 0.741. The summed E-state index contributed by atoms with van der Waals surface area (Å²) in [4.78, 5) is 4.08. The summed E-state index contributed by atoms with van der Waals surface area (Å²) < 4.78 is 6.16. The Morgan fingerprint density at radius 2 is 2.36 bits per heavy atom. The van der Waals surface area contributed by atoms with Gasteiger partial charge in [0.25, 0.3) is 0 Å². The Morgan fingerprint density at radius 3 is 3.00 bits per heavy atom. The lowest BCUT2D eigenvalue weighted by atomic mass is 10.2. The molecule has 1 aliphatic rings. The standard InChI is InChI=1S/C8H10BrNO/c1-6-3-4-10-8(11-2)5-7(6)9/h3-4H,5H2,1-2H3. The van der Waals surface area contributed by atoms with E-state index in [1.54, 1.807) is 13.3 Å². The fraction of sp³-hybridized carbons (Fsp3) is 0.375. The van der Waals surface area contributed by atoms with Gasteiger partial charge in [-0.25, -0.2) is 4.99 Å². The molecule has 1 aliphatic heterocycles. The Hall–Kier alpha value is -0.570. The van der Waals surface area contributed by atoms with Crippen LogP contribution in [0.15, 0.2) is 27.3 Å². The van der Waals surface area contributed by atoms with Gasteiger partial charge in [0.2, 0.25) is 0 Å². The van der Waals surface area contributed by atoms with Crippen LogP contribution in [0.25, 0.3) is 0 Å². The van der Waals surface area contributed by atoms with Crippen molar-refractivity contribution in [3.63, 3.8) is 0 Å². The van der Waals surface area contributed by atoms with Crippen LogP contribution in [0.2, 0.25) is 0 Å². The molecule has 0 aromatic rings. The summed E-state index contributed by atoms with van der Waals surface area (Å²) in [6.07, 6.45) is 4.45. The SMILES string of the molecule is COC1=NC=CC(C)=C(Br)C1. The number of ether oxygens (including phenoxy) is 1. The highest BCUT2D eigenvalue weighted by Crippen LogP contribution is 2.20. The Kier molecular flexibility index (Phi) is 2.88. The second kappa shape index (κ2) is 3.72. The summed E-state index contributed by atoms with van der Waals surface area (Å²) >= 11 is 3.45. The predicted molar refractivity (Wildman–Crippen MR) is 49.8 cm³/mol. The molecule has 0 bridgehead atoms. The van der Waals surface area contributed by atoms with Crippen LogP contribution in [0.5, 0.6) is 0 Å². The first-order valence-electron chi connectivity index (χ1n) is 3.36. The largest absolute Gasteiger partial charge is 0.484 e. The fourth-order valence-corrected chi connectivity index (χ4v) is 1.14. The molecule has 2 nitrogen and oxygen atoms in total. The molecular weight excluding hydrogens is 206 g/mol. The Bertz CT molecular complexity index is 240. The number of hydrogen-bond acceptors (Lipinski definition) is 2. The van der Waals surface area contributed by atoms with Gasteiger partial charge in [-0.1, -0.05) is 15.9 Å². The average Bonchev–Trinajstić information content (AvgIpc) is 2.15. The average molecular weight is 216 g/mol. The molecule has 0 N–H and O–H groups in total. The van der Waals surface area contributed by atoms with E-state index in [4.69, 9.17) is 4.74 Å². The molecule has 0 amide bonds. The van der Waals surface area contributed by atoms with Crippen LogP contribution < -0.4 is 0 Å². The van der Waals surface area contributed by atoms with E-state index in [2.05, 4.69) is 20.9 Å². The van der Waals surface area contributed by atoms with E-state index >= 15 is 0 Å². The van der Waals surface area contributed by atoms with Gasteiger partial charge in [0, 0.05) is 10.7 Å². The lowest BCUT2D eigenvalue weighted by Crippen LogP contribution is -1.99. The van der Waals surface area contributed by atoms with Gasteiger partial charge < -0.3 is 4.74 Å². The molecule has 60 valence electrons. The smallest absolute Gasteiger partial charge is 0.192 e. The number of halogens is 1. The minimum absolute atomic E-state index is 0.741. The summed E-state index contributed by atoms with van der Waals surface area (Å²) in [5, 5.41) is 0. The van der Waals surface area contributed by atoms with Crippen LogP contribution in [0.4, 0.5) is 0 Å². The number of methoxy groups -OCH3 is 1. The van der Waals surface area contributed by atoms with E-state index in [9.17, 15) is 0 Å². The van der Waals surface area contributed by atoms with E-state index in [1.807, 2.05) is 13.0 Å². The highest BCUT2D eigenvalue weighted by Gasteiger charge is 2.05. The molecule has 0 saturated carbocycles. The molecule has 0 aliphatic carbocycles. The van der Waals surface area contributed by atoms with Gasteiger partial charge in [0.15, 0.2) is 5.90 Å². The van der Waals surface area contributed by atoms with Gasteiger partial charge in [-0.2, -0.15) is 0 Å². The number of nitrogens with zero attached hydrogens (tertiary/aromatic N) is 1. The third kappa shape index (κ3) is 2.19. The molecule has 0 unspecified atom stereocenters. The van der Waals surface area contributed by atoms with Crippen molar-refractivity contribution in [2.24, 2.45) is 4.99 Å². The molecule has 0 fully saturated rings. The second-order valence-corrected chi connectivity index (χ2v) is 3.26. The zero-order chi connectivity index (χ0) is 8.27. The Morgan fingerprint density at radius 1 is 1.64 bits per heavy atom. The van der Waals surface area contributed by atoms with Crippen LogP contribution in [0.3, 0.4) is 0 Å². The summed E-state index contributed by atoms with van der Waals surface area (Å²) in [6, 6.07) is 0. The first kappa shape index (κ1) is 8.53. The molecular formula is C8H10BrNO. The normalized spacial score (nSPS) is 17.9. The quantitative estimate of drug-likeness (QED) is 0.609. The van der Waals surface area contributed by atoms with Crippen LogP contribution in [-0.4, -0.2) is 13.0 Å². The Balaban J connectivity index is 2.84. The van der Waals surface area contributed by atoms with E-state index in [0.29, 0.717) is 0 Å². The van der Waals surface area contributed by atoms with Crippen molar-refractivity contribution < 1.29 is 4.74 Å². The predicted octanol–water partition coefficient (Wildman–Crippen LogP) is 2.62. The molecule has 0 spiro atoms. The second-order valence-electron chi connectivity index (χ2n) is 2.31. The minimum Gasteiger partial charge on any atom is -0.484 e. The topological polar surface area (TPSA) is 21.6 Å². The first-order chi connectivity index (χ1) is 5.24. The summed E-state index contributed by atoms with van der Waals surface area (Å²) in [7, 11) is 1.63. The maximum Gasteiger partial charge on any atom is 0.192 e. The summed E-state index contributed by atoms with van der Waals surface area (Å²) in [5.41, 5.74) is 1.20. The van der Waals surface area contributed by atoms with Crippen LogP contribution in [0.1, 0.15) is 13.3 Å². The highest BCUT2D eigenvalue weighted by molar-refractivity contribution is 9.11. The van der Waals surface area contributed by atoms with Crippen LogP contribution in [0, 0.1) is 0 Å². The molecule has 3 heteroatoms. The Labute approximate surface area is 74.8 Å². The van der Waals surface area contributed by atoms with Crippen molar-refractivity contribution in [2.45, 2.75) is 13.3 Å². The monoisotopic (exact) mass is 215 g/mol. The molecule has 11 heavy (non-hydrogen) atoms. The van der Waals surface area contributed by atoms with Crippen molar-refractivity contribution in [1.82, 2.24) is 0 Å². The van der Waals surface area contributed by atoms with Gasteiger partial charge in [-0.05, 0) is 18.6 Å². The van der Waals surface area contributed by atoms with E-state index in [0.717, 1.165) is 16.8 Å². The number of rotatable bonds is 0. The number of hydrogen-bond donors (Lipinski definition) is 0. The molecule has 0 aromatic carbocycles. The van der Waals surface area contributed by atoms with Gasteiger partial charge in [-0.3, -0.25) is 0 Å². The number of aliphatic imine (C=N–C) groups is 1. The van der Waals surface area contributed by atoms with Crippen LogP contribution >= 0.6 is 15.9 Å². The maximum absolute atomic E-state index is 5.02. The fourth-order valence-electron chi connectivity index (χ4n) is 0.765. The van der Waals surface area contributed by atoms with Gasteiger partial charge in [0.05, 0.1) is 13.5 Å².